The fourth-order valence-electron chi connectivity index (χ4n) is 3.15. The monoisotopic (exact) mass is 370 g/mol. The summed E-state index contributed by atoms with van der Waals surface area (Å²) < 4.78 is 13.2. The minimum Gasteiger partial charge on any atom is -0.399 e. The van der Waals surface area contributed by atoms with Crippen molar-refractivity contribution in [1.29, 1.82) is 0 Å². The van der Waals surface area contributed by atoms with Gasteiger partial charge >= 0.3 is 0 Å². The number of nitrogens with one attached hydrogen (secondary N) is 1. The van der Waals surface area contributed by atoms with Crippen LogP contribution in [0.4, 0.5) is 15.8 Å². The SMILES string of the molecule is CC(C(=O)Nc1cccc(F)c1)N1CCN(C(=O)c2cccc(N)c2)CC1. The minimum absolute atomic E-state index is 0.0567. The fourth-order valence-corrected chi connectivity index (χ4v) is 3.15. The van der Waals surface area contributed by atoms with Gasteiger partial charge in [0.2, 0.25) is 5.91 Å². The molecular formula is C20H23FN4O2. The van der Waals surface area contributed by atoms with Crippen molar-refractivity contribution in [2.24, 2.45) is 0 Å². The second-order valence-electron chi connectivity index (χ2n) is 6.63. The highest BCUT2D eigenvalue weighted by Crippen LogP contribution is 2.15. The molecule has 0 bridgehead atoms. The number of piperazine rings is 1. The molecule has 1 unspecified atom stereocenters. The molecule has 1 aliphatic rings. The molecule has 3 N–H and O–H groups in total. The van der Waals surface area contributed by atoms with Gasteiger partial charge in [-0.05, 0) is 43.3 Å². The quantitative estimate of drug-likeness (QED) is 0.809. The lowest BCUT2D eigenvalue weighted by Crippen LogP contribution is -2.54. The number of benzene rings is 2. The van der Waals surface area contributed by atoms with Crippen molar-refractivity contribution >= 4 is 23.2 Å². The van der Waals surface area contributed by atoms with Gasteiger partial charge in [-0.25, -0.2) is 4.39 Å². The van der Waals surface area contributed by atoms with Crippen molar-refractivity contribution in [3.8, 4) is 0 Å². The topological polar surface area (TPSA) is 78.7 Å². The number of carbonyl (C=O) groups is 2. The van der Waals surface area contributed by atoms with E-state index in [1.807, 2.05) is 11.8 Å². The maximum atomic E-state index is 13.2. The summed E-state index contributed by atoms with van der Waals surface area (Å²) in [5.74, 6) is -0.649. The van der Waals surface area contributed by atoms with E-state index in [4.69, 9.17) is 5.73 Å². The molecule has 1 fully saturated rings. The number of nitrogens with zero attached hydrogens (tertiary/aromatic N) is 2. The van der Waals surface area contributed by atoms with E-state index in [1.165, 1.54) is 12.1 Å². The van der Waals surface area contributed by atoms with E-state index in [2.05, 4.69) is 5.32 Å². The van der Waals surface area contributed by atoms with Crippen LogP contribution in [-0.4, -0.2) is 53.8 Å². The van der Waals surface area contributed by atoms with Crippen LogP contribution in [-0.2, 0) is 4.79 Å². The number of amides is 2. The molecule has 0 aliphatic carbocycles. The zero-order valence-electron chi connectivity index (χ0n) is 15.2. The van der Waals surface area contributed by atoms with Crippen molar-refractivity contribution in [2.45, 2.75) is 13.0 Å². The number of hydrogen-bond acceptors (Lipinski definition) is 4. The summed E-state index contributed by atoms with van der Waals surface area (Å²) in [4.78, 5) is 28.8. The summed E-state index contributed by atoms with van der Waals surface area (Å²) in [6.45, 7) is 4.05. The highest BCUT2D eigenvalue weighted by molar-refractivity contribution is 5.95. The van der Waals surface area contributed by atoms with Gasteiger partial charge < -0.3 is 16.0 Å². The molecule has 0 spiro atoms. The standard InChI is InChI=1S/C20H23FN4O2/c1-14(19(26)23-18-7-3-5-16(21)13-18)24-8-10-25(11-9-24)20(27)15-4-2-6-17(22)12-15/h2-7,12-14H,8-11,22H2,1H3,(H,23,26). The van der Waals surface area contributed by atoms with E-state index in [0.717, 1.165) is 0 Å². The van der Waals surface area contributed by atoms with Crippen LogP contribution in [0.3, 0.4) is 0 Å². The summed E-state index contributed by atoms with van der Waals surface area (Å²) >= 11 is 0. The molecule has 2 aromatic rings. The number of carbonyl (C=O) groups excluding carboxylic acids is 2. The first-order chi connectivity index (χ1) is 12.9. The zero-order valence-corrected chi connectivity index (χ0v) is 15.2. The molecule has 142 valence electrons. The maximum absolute atomic E-state index is 13.2. The lowest BCUT2D eigenvalue weighted by Gasteiger charge is -2.37. The van der Waals surface area contributed by atoms with Crippen LogP contribution in [0.25, 0.3) is 0 Å². The van der Waals surface area contributed by atoms with E-state index in [9.17, 15) is 14.0 Å². The Morgan fingerprint density at radius 2 is 1.78 bits per heavy atom. The first-order valence-corrected chi connectivity index (χ1v) is 8.89. The molecule has 2 amide bonds. The third kappa shape index (κ3) is 4.62. The summed E-state index contributed by atoms with van der Waals surface area (Å²) in [6.07, 6.45) is 0. The van der Waals surface area contributed by atoms with Crippen LogP contribution in [0.5, 0.6) is 0 Å². The van der Waals surface area contributed by atoms with Gasteiger partial charge in [-0.2, -0.15) is 0 Å². The van der Waals surface area contributed by atoms with Crippen molar-refractivity contribution in [2.75, 3.05) is 37.2 Å². The van der Waals surface area contributed by atoms with Crippen molar-refractivity contribution in [3.05, 3.63) is 59.9 Å². The van der Waals surface area contributed by atoms with Crippen molar-refractivity contribution in [3.63, 3.8) is 0 Å². The van der Waals surface area contributed by atoms with Gasteiger partial charge in [0, 0.05) is 43.1 Å². The molecule has 1 heterocycles. The molecule has 0 radical (unpaired) electrons. The van der Waals surface area contributed by atoms with E-state index in [0.29, 0.717) is 43.1 Å². The predicted octanol–water partition coefficient (Wildman–Crippen LogP) is 2.19. The predicted molar refractivity (Wildman–Crippen MR) is 103 cm³/mol. The second-order valence-corrected chi connectivity index (χ2v) is 6.63. The molecule has 7 heteroatoms. The van der Waals surface area contributed by atoms with E-state index in [-0.39, 0.29) is 17.9 Å². The van der Waals surface area contributed by atoms with Crippen molar-refractivity contribution in [1.82, 2.24) is 9.80 Å². The molecule has 27 heavy (non-hydrogen) atoms. The van der Waals surface area contributed by atoms with Gasteiger partial charge in [-0.3, -0.25) is 14.5 Å². The second kappa shape index (κ2) is 8.18. The Balaban J connectivity index is 1.55. The molecule has 0 saturated carbocycles. The first-order valence-electron chi connectivity index (χ1n) is 8.89. The highest BCUT2D eigenvalue weighted by Gasteiger charge is 2.28. The Hall–Kier alpha value is -2.93. The van der Waals surface area contributed by atoms with Gasteiger partial charge in [0.1, 0.15) is 5.82 Å². The van der Waals surface area contributed by atoms with Gasteiger partial charge in [-0.1, -0.05) is 12.1 Å². The molecule has 1 saturated heterocycles. The number of hydrogen-bond donors (Lipinski definition) is 2. The number of nitrogens with two attached hydrogens (primary N) is 1. The van der Waals surface area contributed by atoms with Gasteiger partial charge in [0.05, 0.1) is 6.04 Å². The average molecular weight is 370 g/mol. The van der Waals surface area contributed by atoms with Crippen LogP contribution in [0.1, 0.15) is 17.3 Å². The molecule has 1 aliphatic heterocycles. The van der Waals surface area contributed by atoms with Crippen LogP contribution in [0, 0.1) is 5.82 Å². The smallest absolute Gasteiger partial charge is 0.254 e. The first kappa shape index (κ1) is 18.8. The lowest BCUT2D eigenvalue weighted by molar-refractivity contribution is -0.121. The zero-order chi connectivity index (χ0) is 19.4. The largest absolute Gasteiger partial charge is 0.399 e. The van der Waals surface area contributed by atoms with Crippen LogP contribution in [0.2, 0.25) is 0 Å². The molecule has 2 aromatic carbocycles. The van der Waals surface area contributed by atoms with Crippen LogP contribution in [0.15, 0.2) is 48.5 Å². The molecule has 0 aromatic heterocycles. The number of rotatable bonds is 4. The Labute approximate surface area is 157 Å². The Morgan fingerprint density at radius 3 is 2.44 bits per heavy atom. The Kier molecular flexibility index (Phi) is 5.71. The Bertz CT molecular complexity index is 834. The minimum atomic E-state index is -0.394. The van der Waals surface area contributed by atoms with Gasteiger partial charge in [-0.15, -0.1) is 0 Å². The number of nitrogen functional groups attached to an aromatic ring is 1. The summed E-state index contributed by atoms with van der Waals surface area (Å²) in [5, 5.41) is 2.73. The van der Waals surface area contributed by atoms with E-state index >= 15 is 0 Å². The van der Waals surface area contributed by atoms with Crippen molar-refractivity contribution < 1.29 is 14.0 Å². The van der Waals surface area contributed by atoms with Crippen LogP contribution >= 0.6 is 0 Å². The van der Waals surface area contributed by atoms with Crippen LogP contribution < -0.4 is 11.1 Å². The molecule has 6 nitrogen and oxygen atoms in total. The average Bonchev–Trinajstić information content (AvgIpc) is 2.67. The number of anilines is 2. The van der Waals surface area contributed by atoms with E-state index in [1.54, 1.807) is 41.3 Å². The normalized spacial score (nSPS) is 16.0. The molecular weight excluding hydrogens is 347 g/mol. The van der Waals surface area contributed by atoms with Gasteiger partial charge in [0.15, 0.2) is 0 Å². The summed E-state index contributed by atoms with van der Waals surface area (Å²) in [6, 6.07) is 12.4. The molecule has 1 atom stereocenters. The summed E-state index contributed by atoms with van der Waals surface area (Å²) in [7, 11) is 0. The van der Waals surface area contributed by atoms with Gasteiger partial charge in [0.25, 0.3) is 5.91 Å². The van der Waals surface area contributed by atoms with E-state index < -0.39 is 5.82 Å². The molecule has 3 rings (SSSR count). The Morgan fingerprint density at radius 1 is 1.07 bits per heavy atom. The third-order valence-electron chi connectivity index (χ3n) is 4.75. The fraction of sp³-hybridized carbons (Fsp3) is 0.300. The maximum Gasteiger partial charge on any atom is 0.254 e. The summed E-state index contributed by atoms with van der Waals surface area (Å²) in [5.41, 5.74) is 7.31. The highest BCUT2D eigenvalue weighted by atomic mass is 19.1. The third-order valence-corrected chi connectivity index (χ3v) is 4.75. The lowest BCUT2D eigenvalue weighted by atomic mass is 10.1. The number of halogens is 1.